The number of nitrogens with one attached hydrogen (secondary N) is 2. The number of amides is 2. The standard InChI is InChI=1S/C22H16ClF3N2O4/c23-14-8-6-12(7-9-14)15-10-11-16(32-15)18-17(19(29)13-4-2-1-3-5-13)21(31,22(24,25)26)28-20(30)27-18/h1-11,17-18,31H,(H2,27,28,30)/t17-,18+,21-/m0/s1. The van der Waals surface area contributed by atoms with Crippen LogP contribution in [0.2, 0.25) is 5.02 Å². The van der Waals surface area contributed by atoms with Crippen molar-refractivity contribution in [2.45, 2.75) is 17.9 Å². The van der Waals surface area contributed by atoms with E-state index in [0.717, 1.165) is 0 Å². The molecule has 2 amide bonds. The average Bonchev–Trinajstić information content (AvgIpc) is 3.23. The minimum Gasteiger partial charge on any atom is -0.459 e. The molecule has 0 spiro atoms. The number of carbonyl (C=O) groups is 2. The van der Waals surface area contributed by atoms with Crippen LogP contribution in [0.3, 0.4) is 0 Å². The molecule has 1 fully saturated rings. The quantitative estimate of drug-likeness (QED) is 0.488. The Bertz CT molecular complexity index is 1150. The minimum atomic E-state index is -5.34. The van der Waals surface area contributed by atoms with Crippen molar-refractivity contribution in [2.75, 3.05) is 0 Å². The van der Waals surface area contributed by atoms with Gasteiger partial charge in [0, 0.05) is 16.1 Å². The van der Waals surface area contributed by atoms with Gasteiger partial charge in [0.05, 0.1) is 0 Å². The molecule has 2 heterocycles. The summed E-state index contributed by atoms with van der Waals surface area (Å²) in [6.07, 6.45) is -5.34. The lowest BCUT2D eigenvalue weighted by atomic mass is 9.79. The molecule has 0 aliphatic carbocycles. The lowest BCUT2D eigenvalue weighted by Crippen LogP contribution is -2.72. The molecule has 1 aliphatic heterocycles. The van der Waals surface area contributed by atoms with Crippen molar-refractivity contribution in [1.29, 1.82) is 0 Å². The van der Waals surface area contributed by atoms with Crippen molar-refractivity contribution >= 4 is 23.4 Å². The highest BCUT2D eigenvalue weighted by molar-refractivity contribution is 6.30. The number of hydrogen-bond acceptors (Lipinski definition) is 4. The van der Waals surface area contributed by atoms with Crippen LogP contribution < -0.4 is 10.6 Å². The van der Waals surface area contributed by atoms with Gasteiger partial charge in [0.25, 0.3) is 0 Å². The number of ketones is 1. The Kier molecular flexibility index (Phi) is 5.47. The first-order chi connectivity index (χ1) is 15.1. The largest absolute Gasteiger partial charge is 0.459 e. The zero-order valence-electron chi connectivity index (χ0n) is 16.2. The van der Waals surface area contributed by atoms with E-state index in [2.05, 4.69) is 5.32 Å². The summed E-state index contributed by atoms with van der Waals surface area (Å²) in [5.41, 5.74) is -3.30. The van der Waals surface area contributed by atoms with Gasteiger partial charge in [-0.05, 0) is 36.4 Å². The number of carbonyl (C=O) groups excluding carboxylic acids is 2. The van der Waals surface area contributed by atoms with Gasteiger partial charge in [-0.1, -0.05) is 41.9 Å². The monoisotopic (exact) mass is 464 g/mol. The molecule has 4 rings (SSSR count). The molecular weight excluding hydrogens is 449 g/mol. The Balaban J connectivity index is 1.80. The molecule has 1 aliphatic rings. The Morgan fingerprint density at radius 2 is 1.69 bits per heavy atom. The molecule has 6 nitrogen and oxygen atoms in total. The molecule has 32 heavy (non-hydrogen) atoms. The highest BCUT2D eigenvalue weighted by atomic mass is 35.5. The van der Waals surface area contributed by atoms with Crippen molar-refractivity contribution in [3.05, 3.63) is 83.1 Å². The third kappa shape index (κ3) is 3.85. The Hall–Kier alpha value is -3.30. The van der Waals surface area contributed by atoms with E-state index in [0.29, 0.717) is 10.6 Å². The van der Waals surface area contributed by atoms with E-state index in [1.165, 1.54) is 41.7 Å². The molecule has 3 atom stereocenters. The second-order valence-corrected chi connectivity index (χ2v) is 7.69. The molecule has 1 saturated heterocycles. The molecule has 0 unspecified atom stereocenters. The summed E-state index contributed by atoms with van der Waals surface area (Å²) in [5, 5.41) is 14.8. The van der Waals surface area contributed by atoms with Crippen molar-refractivity contribution in [1.82, 2.24) is 10.6 Å². The number of Topliss-reactive ketones (excluding diaryl/α,β-unsaturated/α-hetero) is 1. The van der Waals surface area contributed by atoms with Crippen LogP contribution in [0.15, 0.2) is 71.1 Å². The third-order valence-electron chi connectivity index (χ3n) is 5.21. The van der Waals surface area contributed by atoms with E-state index in [1.807, 2.05) is 0 Å². The van der Waals surface area contributed by atoms with E-state index in [9.17, 15) is 27.9 Å². The smallest absolute Gasteiger partial charge is 0.437 e. The minimum absolute atomic E-state index is 0.0624. The summed E-state index contributed by atoms with van der Waals surface area (Å²) in [6.45, 7) is 0. The van der Waals surface area contributed by atoms with Gasteiger partial charge in [-0.15, -0.1) is 0 Å². The summed E-state index contributed by atoms with van der Waals surface area (Å²) >= 11 is 5.87. The maximum atomic E-state index is 13.9. The van der Waals surface area contributed by atoms with Crippen LogP contribution in [0.4, 0.5) is 18.0 Å². The van der Waals surface area contributed by atoms with Gasteiger partial charge < -0.3 is 20.2 Å². The molecule has 3 N–H and O–H groups in total. The number of furan rings is 1. The van der Waals surface area contributed by atoms with Gasteiger partial charge >= 0.3 is 12.2 Å². The first-order valence-corrected chi connectivity index (χ1v) is 9.80. The topological polar surface area (TPSA) is 91.6 Å². The number of benzene rings is 2. The molecule has 10 heteroatoms. The van der Waals surface area contributed by atoms with Crippen LogP contribution in [0.25, 0.3) is 11.3 Å². The average molecular weight is 465 g/mol. The lowest BCUT2D eigenvalue weighted by Gasteiger charge is -2.44. The van der Waals surface area contributed by atoms with Gasteiger partial charge in [-0.25, -0.2) is 4.79 Å². The zero-order chi connectivity index (χ0) is 23.1. The molecular formula is C22H16ClF3N2O4. The summed E-state index contributed by atoms with van der Waals surface area (Å²) in [5.74, 6) is -3.02. The lowest BCUT2D eigenvalue weighted by molar-refractivity contribution is -0.288. The number of urea groups is 1. The predicted molar refractivity (Wildman–Crippen MR) is 109 cm³/mol. The SMILES string of the molecule is O=C1N[C@H](c2ccc(-c3ccc(Cl)cc3)o2)[C@@H](C(=O)c2ccccc2)[C@](O)(C(F)(F)F)N1. The first-order valence-electron chi connectivity index (χ1n) is 9.43. The van der Waals surface area contributed by atoms with Crippen LogP contribution in [-0.2, 0) is 0 Å². The molecule has 2 aromatic carbocycles. The van der Waals surface area contributed by atoms with Crippen LogP contribution in [0, 0.1) is 5.92 Å². The molecule has 166 valence electrons. The molecule has 0 bridgehead atoms. The molecule has 1 aromatic heterocycles. The Morgan fingerprint density at radius 1 is 1.03 bits per heavy atom. The summed E-state index contributed by atoms with van der Waals surface area (Å²) in [4.78, 5) is 25.2. The van der Waals surface area contributed by atoms with Crippen molar-refractivity contribution in [2.24, 2.45) is 5.92 Å². The summed E-state index contributed by atoms with van der Waals surface area (Å²) in [6, 6.07) is 13.7. The molecule has 3 aromatic rings. The number of alkyl halides is 3. The van der Waals surface area contributed by atoms with Gasteiger partial charge in [0.1, 0.15) is 23.5 Å². The number of rotatable bonds is 4. The fraction of sp³-hybridized carbons (Fsp3) is 0.182. The maximum absolute atomic E-state index is 13.9. The highest BCUT2D eigenvalue weighted by Gasteiger charge is 2.66. The van der Waals surface area contributed by atoms with Gasteiger partial charge in [0.15, 0.2) is 5.78 Å². The van der Waals surface area contributed by atoms with E-state index in [1.54, 1.807) is 30.3 Å². The second-order valence-electron chi connectivity index (χ2n) is 7.26. The zero-order valence-corrected chi connectivity index (χ0v) is 16.9. The van der Waals surface area contributed by atoms with Crippen molar-refractivity contribution in [3.8, 4) is 11.3 Å². The van der Waals surface area contributed by atoms with E-state index in [4.69, 9.17) is 16.0 Å². The van der Waals surface area contributed by atoms with Crippen molar-refractivity contribution < 1.29 is 32.3 Å². The summed E-state index contributed by atoms with van der Waals surface area (Å²) < 4.78 is 47.5. The predicted octanol–water partition coefficient (Wildman–Crippen LogP) is 4.70. The fourth-order valence-electron chi connectivity index (χ4n) is 3.65. The van der Waals surface area contributed by atoms with E-state index in [-0.39, 0.29) is 17.1 Å². The van der Waals surface area contributed by atoms with E-state index >= 15 is 0 Å². The van der Waals surface area contributed by atoms with Crippen LogP contribution in [0.1, 0.15) is 22.2 Å². The first kappa shape index (κ1) is 21.9. The normalized spacial score (nSPS) is 23.3. The summed E-state index contributed by atoms with van der Waals surface area (Å²) in [7, 11) is 0. The Morgan fingerprint density at radius 3 is 2.31 bits per heavy atom. The van der Waals surface area contributed by atoms with Gasteiger partial charge in [-0.3, -0.25) is 4.79 Å². The number of halogens is 4. The van der Waals surface area contributed by atoms with Gasteiger partial charge in [-0.2, -0.15) is 13.2 Å². The van der Waals surface area contributed by atoms with Crippen LogP contribution in [0.5, 0.6) is 0 Å². The maximum Gasteiger partial charge on any atom is 0.437 e. The number of aliphatic hydroxyl groups is 1. The number of hydrogen-bond donors (Lipinski definition) is 3. The van der Waals surface area contributed by atoms with E-state index < -0.39 is 35.7 Å². The van der Waals surface area contributed by atoms with Crippen LogP contribution in [-0.4, -0.2) is 28.8 Å². The third-order valence-corrected chi connectivity index (χ3v) is 5.46. The van der Waals surface area contributed by atoms with Crippen LogP contribution >= 0.6 is 11.6 Å². The molecule has 0 radical (unpaired) electrons. The van der Waals surface area contributed by atoms with Crippen molar-refractivity contribution in [3.63, 3.8) is 0 Å². The van der Waals surface area contributed by atoms with Gasteiger partial charge in [0.2, 0.25) is 5.72 Å². The molecule has 0 saturated carbocycles. The Labute approximate surface area is 185 Å². The highest BCUT2D eigenvalue weighted by Crippen LogP contribution is 2.44. The fourth-order valence-corrected chi connectivity index (χ4v) is 3.77. The second kappa shape index (κ2) is 7.99.